The van der Waals surface area contributed by atoms with Gasteiger partial charge in [0.05, 0.1) is 0 Å². The molecule has 0 amide bonds. The third-order valence-electron chi connectivity index (χ3n) is 7.03. The summed E-state index contributed by atoms with van der Waals surface area (Å²) in [6.07, 6.45) is 7.96. The number of nitrogens with zero attached hydrogens (tertiary/aromatic N) is 3. The van der Waals surface area contributed by atoms with Crippen molar-refractivity contribution in [2.45, 2.75) is 46.5 Å². The van der Waals surface area contributed by atoms with Gasteiger partial charge in [0.25, 0.3) is 0 Å². The first kappa shape index (κ1) is 24.0. The van der Waals surface area contributed by atoms with Crippen LogP contribution in [0.1, 0.15) is 46.6 Å². The Hall–Kier alpha value is -3.72. The van der Waals surface area contributed by atoms with E-state index in [-0.39, 0.29) is 5.41 Å². The summed E-state index contributed by atoms with van der Waals surface area (Å²) in [4.78, 5) is 0. The van der Waals surface area contributed by atoms with Crippen molar-refractivity contribution in [1.82, 2.24) is 14.8 Å². The highest BCUT2D eigenvalue weighted by molar-refractivity contribution is 5.75. The summed E-state index contributed by atoms with van der Waals surface area (Å²) in [5.74, 6) is 3.01. The quantitative estimate of drug-likeness (QED) is 0.297. The minimum absolute atomic E-state index is 0.121. The molecular weight excluding hydrogens is 438 g/mol. The van der Waals surface area contributed by atoms with Gasteiger partial charge < -0.3 is 0 Å². The molecule has 0 aliphatic heterocycles. The summed E-state index contributed by atoms with van der Waals surface area (Å²) in [5, 5.41) is 9.42. The molecule has 0 N–H and O–H groups in total. The Kier molecular flexibility index (Phi) is 6.49. The second-order valence-electron chi connectivity index (χ2n) is 10.4. The lowest BCUT2D eigenvalue weighted by Gasteiger charge is -2.20. The van der Waals surface area contributed by atoms with E-state index in [1.807, 2.05) is 19.9 Å². The molecule has 3 heteroatoms. The summed E-state index contributed by atoms with van der Waals surface area (Å²) < 4.78 is 2.29. The normalized spacial score (nSPS) is 18.1. The number of aromatic nitrogens is 3. The molecule has 36 heavy (non-hydrogen) atoms. The van der Waals surface area contributed by atoms with Gasteiger partial charge in [-0.1, -0.05) is 126 Å². The van der Waals surface area contributed by atoms with Crippen molar-refractivity contribution in [3.63, 3.8) is 0 Å². The maximum atomic E-state index is 4.71. The first-order chi connectivity index (χ1) is 17.5. The molecule has 2 aliphatic rings. The van der Waals surface area contributed by atoms with E-state index in [9.17, 15) is 0 Å². The molecule has 6 rings (SSSR count). The van der Waals surface area contributed by atoms with Crippen LogP contribution < -0.4 is 0 Å². The van der Waals surface area contributed by atoms with Crippen molar-refractivity contribution >= 4 is 5.70 Å². The predicted molar refractivity (Wildman–Crippen MR) is 151 cm³/mol. The van der Waals surface area contributed by atoms with Gasteiger partial charge in [-0.2, -0.15) is 0 Å². The Balaban J connectivity index is 0.00000130. The fraction of sp³-hybridized carbons (Fsp3) is 0.273. The van der Waals surface area contributed by atoms with Crippen LogP contribution in [0.5, 0.6) is 0 Å². The molecule has 1 fully saturated rings. The summed E-state index contributed by atoms with van der Waals surface area (Å²) in [6.45, 7) is 10.7. The van der Waals surface area contributed by atoms with Gasteiger partial charge in [-0.3, -0.25) is 4.57 Å². The zero-order chi connectivity index (χ0) is 25.3. The Morgan fingerprint density at radius 2 is 1.22 bits per heavy atom. The number of hydrogen-bond donors (Lipinski definition) is 0. The molecule has 1 saturated carbocycles. The van der Waals surface area contributed by atoms with E-state index < -0.39 is 0 Å². The third kappa shape index (κ3) is 4.58. The number of rotatable bonds is 4. The van der Waals surface area contributed by atoms with E-state index in [0.717, 1.165) is 22.8 Å². The van der Waals surface area contributed by atoms with Crippen LogP contribution in [0.2, 0.25) is 0 Å². The highest BCUT2D eigenvalue weighted by Crippen LogP contribution is 2.51. The molecule has 4 aromatic rings. The van der Waals surface area contributed by atoms with Crippen LogP contribution in [0.4, 0.5) is 0 Å². The van der Waals surface area contributed by atoms with Gasteiger partial charge >= 0.3 is 0 Å². The molecule has 1 heterocycles. The van der Waals surface area contributed by atoms with Gasteiger partial charge in [-0.15, -0.1) is 10.2 Å². The molecule has 2 unspecified atom stereocenters. The summed E-state index contributed by atoms with van der Waals surface area (Å²) in [7, 11) is 0. The zero-order valence-electron chi connectivity index (χ0n) is 21.9. The third-order valence-corrected chi connectivity index (χ3v) is 7.03. The van der Waals surface area contributed by atoms with Crippen molar-refractivity contribution in [1.29, 1.82) is 0 Å². The maximum Gasteiger partial charge on any atom is 0.168 e. The first-order valence-corrected chi connectivity index (χ1v) is 13.1. The van der Waals surface area contributed by atoms with E-state index in [4.69, 9.17) is 10.2 Å². The molecule has 0 bridgehead atoms. The van der Waals surface area contributed by atoms with Crippen LogP contribution in [0.3, 0.4) is 0 Å². The smallest absolute Gasteiger partial charge is 0.168 e. The maximum absolute atomic E-state index is 4.71. The Labute approximate surface area is 215 Å². The van der Waals surface area contributed by atoms with Gasteiger partial charge in [-0.05, 0) is 40.5 Å². The molecule has 1 aromatic heterocycles. The van der Waals surface area contributed by atoms with Crippen molar-refractivity contribution < 1.29 is 0 Å². The monoisotopic (exact) mass is 473 g/mol. The average molecular weight is 474 g/mol. The molecule has 0 saturated heterocycles. The lowest BCUT2D eigenvalue weighted by atomic mass is 9.86. The Morgan fingerprint density at radius 3 is 1.81 bits per heavy atom. The van der Waals surface area contributed by atoms with E-state index in [2.05, 4.69) is 116 Å². The Bertz CT molecular complexity index is 1380. The minimum atomic E-state index is 0.121. The average Bonchev–Trinajstić information content (AvgIpc) is 3.60. The summed E-state index contributed by atoms with van der Waals surface area (Å²) >= 11 is 0. The molecule has 3 aromatic carbocycles. The van der Waals surface area contributed by atoms with Gasteiger partial charge in [0, 0.05) is 22.7 Å². The van der Waals surface area contributed by atoms with Crippen molar-refractivity contribution in [2.24, 2.45) is 11.8 Å². The topological polar surface area (TPSA) is 30.7 Å². The fourth-order valence-corrected chi connectivity index (χ4v) is 4.89. The molecular formula is C33H35N3. The fourth-order valence-electron chi connectivity index (χ4n) is 4.89. The van der Waals surface area contributed by atoms with Crippen LogP contribution in [0.25, 0.3) is 39.6 Å². The van der Waals surface area contributed by atoms with E-state index in [0.29, 0.717) is 11.8 Å². The van der Waals surface area contributed by atoms with Crippen LogP contribution in [-0.2, 0) is 5.41 Å². The van der Waals surface area contributed by atoms with Gasteiger partial charge in [0.2, 0.25) is 0 Å². The summed E-state index contributed by atoms with van der Waals surface area (Å²) in [5.41, 5.74) is 7.34. The summed E-state index contributed by atoms with van der Waals surface area (Å²) in [6, 6.07) is 28.0. The number of hydrogen-bond acceptors (Lipinski definition) is 2. The van der Waals surface area contributed by atoms with Crippen LogP contribution in [-0.4, -0.2) is 14.8 Å². The SMILES string of the molecule is CC.CC(C)(C)c1ccc(-c2nnc(-c3ccc(-c4ccccc4)cc3)n2C2=CC=CC3CC23)cc1. The molecule has 0 spiro atoms. The van der Waals surface area contributed by atoms with E-state index in [1.165, 1.54) is 28.8 Å². The molecule has 3 nitrogen and oxygen atoms in total. The highest BCUT2D eigenvalue weighted by atomic mass is 15.3. The molecule has 0 radical (unpaired) electrons. The number of fused-ring (bicyclic) bond motifs is 1. The van der Waals surface area contributed by atoms with Gasteiger partial charge in [-0.25, -0.2) is 0 Å². The van der Waals surface area contributed by atoms with E-state index >= 15 is 0 Å². The second-order valence-corrected chi connectivity index (χ2v) is 10.4. The number of benzene rings is 3. The molecule has 2 atom stereocenters. The standard InChI is InChI=1S/C31H29N3.C2H6/c1-31(2,3)26-18-16-24(17-19-26)30-33-32-29(34(30)28-11-7-10-25-20-27(25)28)23-14-12-22(13-15-23)21-8-5-4-6-9-21;1-2/h4-19,25,27H,20H2,1-3H3;1-2H3. The first-order valence-electron chi connectivity index (χ1n) is 13.1. The van der Waals surface area contributed by atoms with Crippen LogP contribution >= 0.6 is 0 Å². The molecule has 2 aliphatic carbocycles. The highest BCUT2D eigenvalue weighted by Gasteiger charge is 2.41. The van der Waals surface area contributed by atoms with Gasteiger partial charge in [0.1, 0.15) is 0 Å². The lowest BCUT2D eigenvalue weighted by molar-refractivity contribution is 0.590. The van der Waals surface area contributed by atoms with Gasteiger partial charge in [0.15, 0.2) is 11.6 Å². The molecule has 182 valence electrons. The predicted octanol–water partition coefficient (Wildman–Crippen LogP) is 8.65. The van der Waals surface area contributed by atoms with Crippen molar-refractivity contribution in [3.05, 3.63) is 103 Å². The Morgan fingerprint density at radius 1 is 0.694 bits per heavy atom. The van der Waals surface area contributed by atoms with Crippen LogP contribution in [0, 0.1) is 11.8 Å². The van der Waals surface area contributed by atoms with E-state index in [1.54, 1.807) is 0 Å². The lowest BCUT2D eigenvalue weighted by Crippen LogP contribution is -2.11. The zero-order valence-corrected chi connectivity index (χ0v) is 21.9. The van der Waals surface area contributed by atoms with Crippen molar-refractivity contribution in [2.75, 3.05) is 0 Å². The second kappa shape index (κ2) is 9.73. The minimum Gasteiger partial charge on any atom is -0.279 e. The largest absolute Gasteiger partial charge is 0.279 e. The van der Waals surface area contributed by atoms with Crippen molar-refractivity contribution in [3.8, 4) is 33.9 Å². The number of allylic oxidation sites excluding steroid dienone is 4. The van der Waals surface area contributed by atoms with Crippen LogP contribution in [0.15, 0.2) is 97.1 Å².